The van der Waals surface area contributed by atoms with Gasteiger partial charge in [-0.2, -0.15) is 5.26 Å². The molecule has 1 N–H and O–H groups in total. The molecule has 88 valence electrons. The molecule has 16 heavy (non-hydrogen) atoms. The molecule has 1 aliphatic rings. The van der Waals surface area contributed by atoms with Crippen molar-refractivity contribution >= 4 is 11.9 Å². The van der Waals surface area contributed by atoms with Gasteiger partial charge < -0.3 is 5.32 Å². The summed E-state index contributed by atoms with van der Waals surface area (Å²) in [5.41, 5.74) is -0.835. The molecule has 5 heteroatoms. The van der Waals surface area contributed by atoms with Crippen LogP contribution in [-0.2, 0) is 4.79 Å². The molecule has 1 rings (SSSR count). The van der Waals surface area contributed by atoms with Crippen LogP contribution in [-0.4, -0.2) is 28.9 Å². The number of carbonyl (C=O) groups excluding carboxylic acids is 2. The number of hydrogen-bond acceptors (Lipinski definition) is 3. The van der Waals surface area contributed by atoms with Gasteiger partial charge in [0.2, 0.25) is 0 Å². The van der Waals surface area contributed by atoms with E-state index in [1.165, 1.54) is 0 Å². The maximum Gasteiger partial charge on any atom is 0.325 e. The number of hydrogen-bond donors (Lipinski definition) is 1. The Kier molecular flexibility index (Phi) is 3.53. The quantitative estimate of drug-likeness (QED) is 0.576. The maximum absolute atomic E-state index is 11.9. The Labute approximate surface area is 95.4 Å². The molecule has 0 aromatic heterocycles. The predicted molar refractivity (Wildman–Crippen MR) is 58.3 cm³/mol. The average Bonchev–Trinajstić information content (AvgIpc) is 2.41. The van der Waals surface area contributed by atoms with Crippen molar-refractivity contribution in [2.24, 2.45) is 5.92 Å². The Morgan fingerprint density at radius 2 is 2.12 bits per heavy atom. The third-order valence-electron chi connectivity index (χ3n) is 2.80. The Morgan fingerprint density at radius 1 is 1.50 bits per heavy atom. The fourth-order valence-corrected chi connectivity index (χ4v) is 1.71. The fraction of sp³-hybridized carbons (Fsp3) is 0.727. The normalized spacial score (nSPS) is 24.8. The lowest BCUT2D eigenvalue weighted by Gasteiger charge is -2.22. The molecule has 0 radical (unpaired) electrons. The van der Waals surface area contributed by atoms with Crippen LogP contribution >= 0.6 is 0 Å². The number of nitrogens with one attached hydrogen (secondary N) is 1. The van der Waals surface area contributed by atoms with Gasteiger partial charge in [-0.05, 0) is 25.7 Å². The molecule has 1 atom stereocenters. The summed E-state index contributed by atoms with van der Waals surface area (Å²) in [6.07, 6.45) is 1.47. The van der Waals surface area contributed by atoms with Crippen molar-refractivity contribution in [3.63, 3.8) is 0 Å². The molecule has 3 amide bonds. The third-order valence-corrected chi connectivity index (χ3v) is 2.80. The number of carbonyl (C=O) groups is 2. The minimum absolute atomic E-state index is 0.179. The van der Waals surface area contributed by atoms with Crippen molar-refractivity contribution in [2.45, 2.75) is 39.2 Å². The maximum atomic E-state index is 11.9. The van der Waals surface area contributed by atoms with Gasteiger partial charge in [0.05, 0.1) is 6.07 Å². The van der Waals surface area contributed by atoms with Crippen LogP contribution in [0.5, 0.6) is 0 Å². The first-order valence-corrected chi connectivity index (χ1v) is 5.42. The van der Waals surface area contributed by atoms with E-state index in [0.29, 0.717) is 12.3 Å². The first-order chi connectivity index (χ1) is 7.40. The zero-order valence-corrected chi connectivity index (χ0v) is 9.91. The van der Waals surface area contributed by atoms with Gasteiger partial charge in [0.1, 0.15) is 12.1 Å². The van der Waals surface area contributed by atoms with E-state index < -0.39 is 11.6 Å². The number of amides is 3. The second-order valence-corrected chi connectivity index (χ2v) is 4.74. The van der Waals surface area contributed by atoms with Crippen LogP contribution in [0.25, 0.3) is 0 Å². The van der Waals surface area contributed by atoms with E-state index in [4.69, 9.17) is 5.26 Å². The molecule has 0 saturated carbocycles. The van der Waals surface area contributed by atoms with Crippen LogP contribution in [0.15, 0.2) is 0 Å². The van der Waals surface area contributed by atoms with Gasteiger partial charge in [-0.1, -0.05) is 13.8 Å². The number of nitrogens with zero attached hydrogens (tertiary/aromatic N) is 2. The fourth-order valence-electron chi connectivity index (χ4n) is 1.71. The van der Waals surface area contributed by atoms with Crippen molar-refractivity contribution in [3.8, 4) is 6.07 Å². The zero-order chi connectivity index (χ0) is 12.3. The van der Waals surface area contributed by atoms with Crippen LogP contribution < -0.4 is 5.32 Å². The average molecular weight is 223 g/mol. The number of urea groups is 1. The molecular weight excluding hydrogens is 206 g/mol. The lowest BCUT2D eigenvalue weighted by Crippen LogP contribution is -2.44. The molecule has 1 fully saturated rings. The minimum atomic E-state index is -0.835. The number of imide groups is 1. The Hall–Kier alpha value is -1.57. The van der Waals surface area contributed by atoms with Gasteiger partial charge >= 0.3 is 6.03 Å². The highest BCUT2D eigenvalue weighted by Crippen LogP contribution is 2.24. The number of nitriles is 1. The Bertz CT molecular complexity index is 346. The molecule has 1 saturated heterocycles. The van der Waals surface area contributed by atoms with E-state index in [1.54, 1.807) is 6.92 Å². The summed E-state index contributed by atoms with van der Waals surface area (Å²) in [5.74, 6) is 0.186. The highest BCUT2D eigenvalue weighted by Gasteiger charge is 2.47. The van der Waals surface area contributed by atoms with Crippen molar-refractivity contribution in [1.29, 1.82) is 5.26 Å². The van der Waals surface area contributed by atoms with Crippen molar-refractivity contribution in [2.75, 3.05) is 6.54 Å². The van der Waals surface area contributed by atoms with E-state index in [-0.39, 0.29) is 12.5 Å². The van der Waals surface area contributed by atoms with Gasteiger partial charge in [-0.3, -0.25) is 4.79 Å². The van der Waals surface area contributed by atoms with Gasteiger partial charge in [-0.25, -0.2) is 9.69 Å². The summed E-state index contributed by atoms with van der Waals surface area (Å²) in [6, 6.07) is 1.36. The molecular formula is C11H17N3O2. The van der Waals surface area contributed by atoms with Gasteiger partial charge in [-0.15, -0.1) is 0 Å². The third kappa shape index (κ3) is 2.32. The molecule has 1 aliphatic heterocycles. The van der Waals surface area contributed by atoms with Crippen LogP contribution in [0.1, 0.15) is 33.6 Å². The number of rotatable bonds is 4. The van der Waals surface area contributed by atoms with Crippen LogP contribution in [0.2, 0.25) is 0 Å². The summed E-state index contributed by atoms with van der Waals surface area (Å²) in [7, 11) is 0. The molecule has 1 heterocycles. The summed E-state index contributed by atoms with van der Waals surface area (Å²) in [4.78, 5) is 24.4. The Morgan fingerprint density at radius 3 is 2.62 bits per heavy atom. The Balaban J connectivity index is 2.73. The van der Waals surface area contributed by atoms with E-state index in [1.807, 2.05) is 6.07 Å². The summed E-state index contributed by atoms with van der Waals surface area (Å²) < 4.78 is 0. The highest BCUT2D eigenvalue weighted by atomic mass is 16.2. The second-order valence-electron chi connectivity index (χ2n) is 4.74. The molecule has 0 unspecified atom stereocenters. The smallest absolute Gasteiger partial charge is 0.323 e. The summed E-state index contributed by atoms with van der Waals surface area (Å²) >= 11 is 0. The first-order valence-electron chi connectivity index (χ1n) is 5.42. The highest BCUT2D eigenvalue weighted by molar-refractivity contribution is 6.06. The molecule has 0 spiro atoms. The largest absolute Gasteiger partial charge is 0.325 e. The SMILES string of the molecule is CC(C)CC[C@@]1(C)NC(=O)N(CC#N)C1=O. The summed E-state index contributed by atoms with van der Waals surface area (Å²) in [6.45, 7) is 5.67. The monoisotopic (exact) mass is 223 g/mol. The zero-order valence-electron chi connectivity index (χ0n) is 9.91. The van der Waals surface area contributed by atoms with Gasteiger partial charge in [0, 0.05) is 0 Å². The molecule has 0 aromatic carbocycles. The second kappa shape index (κ2) is 4.52. The van der Waals surface area contributed by atoms with Crippen LogP contribution in [0.4, 0.5) is 4.79 Å². The molecule has 0 bridgehead atoms. The van der Waals surface area contributed by atoms with E-state index in [0.717, 1.165) is 11.3 Å². The lowest BCUT2D eigenvalue weighted by atomic mass is 9.92. The molecule has 0 aliphatic carbocycles. The standard InChI is InChI=1S/C11H17N3O2/c1-8(2)4-5-11(3)9(15)14(7-6-12)10(16)13-11/h8H,4-5,7H2,1-3H3,(H,13,16)/t11-/m1/s1. The molecule has 0 aromatic rings. The molecule has 5 nitrogen and oxygen atoms in total. The van der Waals surface area contributed by atoms with Gasteiger partial charge in [0.25, 0.3) is 5.91 Å². The first kappa shape index (κ1) is 12.5. The van der Waals surface area contributed by atoms with E-state index in [9.17, 15) is 9.59 Å². The minimum Gasteiger partial charge on any atom is -0.323 e. The van der Waals surface area contributed by atoms with E-state index >= 15 is 0 Å². The summed E-state index contributed by atoms with van der Waals surface area (Å²) in [5, 5.41) is 11.2. The lowest BCUT2D eigenvalue weighted by molar-refractivity contribution is -0.130. The predicted octanol–water partition coefficient (Wildman–Crippen LogP) is 1.26. The van der Waals surface area contributed by atoms with Crippen molar-refractivity contribution in [1.82, 2.24) is 10.2 Å². The van der Waals surface area contributed by atoms with Gasteiger partial charge in [0.15, 0.2) is 0 Å². The van der Waals surface area contributed by atoms with Crippen molar-refractivity contribution in [3.05, 3.63) is 0 Å². The van der Waals surface area contributed by atoms with Crippen LogP contribution in [0, 0.1) is 17.2 Å². The topological polar surface area (TPSA) is 73.2 Å². The van der Waals surface area contributed by atoms with Crippen LogP contribution in [0.3, 0.4) is 0 Å². The van der Waals surface area contributed by atoms with E-state index in [2.05, 4.69) is 19.2 Å². The van der Waals surface area contributed by atoms with Crippen molar-refractivity contribution < 1.29 is 9.59 Å².